The molecule has 1 saturated heterocycles. The summed E-state index contributed by atoms with van der Waals surface area (Å²) < 4.78 is 7.32. The molecule has 6 nitrogen and oxygen atoms in total. The first kappa shape index (κ1) is 18.1. The van der Waals surface area contributed by atoms with E-state index in [0.717, 1.165) is 32.0 Å². The number of hydrogen-bond acceptors (Lipinski definition) is 3. The van der Waals surface area contributed by atoms with E-state index in [1.807, 2.05) is 23.9 Å². The molecule has 0 unspecified atom stereocenters. The van der Waals surface area contributed by atoms with Gasteiger partial charge in [-0.2, -0.15) is 0 Å². The van der Waals surface area contributed by atoms with Gasteiger partial charge in [0.1, 0.15) is 0 Å². The van der Waals surface area contributed by atoms with Crippen LogP contribution >= 0.6 is 11.6 Å². The standard InChI is InChI=1S/C16H27ClN4O2/c1-16(2,21-5-7-23-8-6-21)12-18-15(22)20(4)11-14-9-13(17)10-19(14)3/h9-10H,5-8,11-12H2,1-4H3,(H,18,22). The SMILES string of the molecule is CN(Cc1cc(Cl)cn1C)C(=O)NCC(C)(C)N1CCOCC1. The number of nitrogens with one attached hydrogen (secondary N) is 1. The second-order valence-corrected chi connectivity index (χ2v) is 7.12. The Morgan fingerprint density at radius 1 is 1.43 bits per heavy atom. The van der Waals surface area contributed by atoms with Crippen molar-refractivity contribution in [3.05, 3.63) is 23.0 Å². The van der Waals surface area contributed by atoms with Gasteiger partial charge in [0.25, 0.3) is 0 Å². The Kier molecular flexibility index (Phi) is 5.95. The van der Waals surface area contributed by atoms with Gasteiger partial charge in [-0.25, -0.2) is 4.79 Å². The molecule has 0 spiro atoms. The lowest BCUT2D eigenvalue weighted by molar-refractivity contribution is -0.00901. The summed E-state index contributed by atoms with van der Waals surface area (Å²) in [5.41, 5.74) is 0.911. The Balaban J connectivity index is 1.84. The average molecular weight is 343 g/mol. The molecular formula is C16H27ClN4O2. The number of aryl methyl sites for hydroxylation is 1. The maximum absolute atomic E-state index is 12.3. The lowest BCUT2D eigenvalue weighted by atomic mass is 10.0. The monoisotopic (exact) mass is 342 g/mol. The van der Waals surface area contributed by atoms with Crippen molar-refractivity contribution in [1.29, 1.82) is 0 Å². The highest BCUT2D eigenvalue weighted by atomic mass is 35.5. The number of rotatable bonds is 5. The normalized spacial score (nSPS) is 16.4. The zero-order valence-corrected chi connectivity index (χ0v) is 15.2. The molecule has 0 atom stereocenters. The van der Waals surface area contributed by atoms with Crippen LogP contribution < -0.4 is 5.32 Å². The summed E-state index contributed by atoms with van der Waals surface area (Å²) in [6.45, 7) is 8.74. The second-order valence-electron chi connectivity index (χ2n) is 6.69. The summed E-state index contributed by atoms with van der Waals surface area (Å²) in [7, 11) is 3.71. The minimum Gasteiger partial charge on any atom is -0.379 e. The van der Waals surface area contributed by atoms with Gasteiger partial charge in [0, 0.05) is 51.2 Å². The number of nitrogens with zero attached hydrogens (tertiary/aromatic N) is 3. The topological polar surface area (TPSA) is 49.7 Å². The van der Waals surface area contributed by atoms with Crippen LogP contribution in [0.25, 0.3) is 0 Å². The summed E-state index contributed by atoms with van der Waals surface area (Å²) in [6.07, 6.45) is 1.84. The van der Waals surface area contributed by atoms with E-state index < -0.39 is 0 Å². The van der Waals surface area contributed by atoms with Crippen LogP contribution in [-0.4, -0.2) is 65.8 Å². The fourth-order valence-corrected chi connectivity index (χ4v) is 3.02. The van der Waals surface area contributed by atoms with E-state index >= 15 is 0 Å². The van der Waals surface area contributed by atoms with E-state index in [9.17, 15) is 4.79 Å². The third-order valence-electron chi connectivity index (χ3n) is 4.36. The molecular weight excluding hydrogens is 316 g/mol. The van der Waals surface area contributed by atoms with Crippen LogP contribution in [-0.2, 0) is 18.3 Å². The van der Waals surface area contributed by atoms with Crippen molar-refractivity contribution in [2.75, 3.05) is 39.9 Å². The van der Waals surface area contributed by atoms with E-state index in [-0.39, 0.29) is 11.6 Å². The lowest BCUT2D eigenvalue weighted by Gasteiger charge is -2.41. The third-order valence-corrected chi connectivity index (χ3v) is 4.57. The molecule has 130 valence electrons. The van der Waals surface area contributed by atoms with Crippen molar-refractivity contribution in [2.24, 2.45) is 7.05 Å². The van der Waals surface area contributed by atoms with Gasteiger partial charge in [-0.3, -0.25) is 4.90 Å². The molecule has 2 heterocycles. The summed E-state index contributed by atoms with van der Waals surface area (Å²) in [6, 6.07) is 1.80. The smallest absolute Gasteiger partial charge is 0.317 e. The Morgan fingerprint density at radius 3 is 2.65 bits per heavy atom. The highest BCUT2D eigenvalue weighted by molar-refractivity contribution is 6.30. The van der Waals surface area contributed by atoms with Crippen LogP contribution in [0.15, 0.2) is 12.3 Å². The average Bonchev–Trinajstić information content (AvgIpc) is 2.83. The summed E-state index contributed by atoms with van der Waals surface area (Å²) in [5.74, 6) is 0. The third kappa shape index (κ3) is 4.86. The van der Waals surface area contributed by atoms with Crippen molar-refractivity contribution < 1.29 is 9.53 Å². The summed E-state index contributed by atoms with van der Waals surface area (Å²) >= 11 is 5.98. The molecule has 1 aromatic heterocycles. The van der Waals surface area contributed by atoms with Crippen molar-refractivity contribution in [3.63, 3.8) is 0 Å². The molecule has 1 aromatic rings. The number of amides is 2. The van der Waals surface area contributed by atoms with Crippen molar-refractivity contribution in [3.8, 4) is 0 Å². The first-order chi connectivity index (χ1) is 10.8. The molecule has 0 bridgehead atoms. The van der Waals surface area contributed by atoms with Gasteiger partial charge in [0.2, 0.25) is 0 Å². The Morgan fingerprint density at radius 2 is 2.09 bits per heavy atom. The summed E-state index contributed by atoms with van der Waals surface area (Å²) in [5, 5.41) is 3.71. The van der Waals surface area contributed by atoms with Gasteiger partial charge in [0.15, 0.2) is 0 Å². The molecule has 0 aromatic carbocycles. The maximum atomic E-state index is 12.3. The van der Waals surface area contributed by atoms with Gasteiger partial charge < -0.3 is 19.5 Å². The molecule has 2 amide bonds. The first-order valence-electron chi connectivity index (χ1n) is 7.92. The Hall–Kier alpha value is -1.24. The number of carbonyl (C=O) groups excluding carboxylic acids is 1. The van der Waals surface area contributed by atoms with Crippen LogP contribution in [0.5, 0.6) is 0 Å². The van der Waals surface area contributed by atoms with Crippen LogP contribution in [0.2, 0.25) is 5.02 Å². The van der Waals surface area contributed by atoms with Gasteiger partial charge in [-0.1, -0.05) is 11.6 Å². The number of aromatic nitrogens is 1. The number of morpholine rings is 1. The minimum atomic E-state index is -0.0887. The number of carbonyl (C=O) groups is 1. The van der Waals surface area contributed by atoms with Crippen molar-refractivity contribution >= 4 is 17.6 Å². The lowest BCUT2D eigenvalue weighted by Crippen LogP contribution is -2.56. The molecule has 0 aliphatic carbocycles. The van der Waals surface area contributed by atoms with E-state index in [1.165, 1.54) is 0 Å². The van der Waals surface area contributed by atoms with Crippen LogP contribution in [0, 0.1) is 0 Å². The van der Waals surface area contributed by atoms with E-state index in [0.29, 0.717) is 18.1 Å². The van der Waals surface area contributed by atoms with Gasteiger partial charge in [-0.15, -0.1) is 0 Å². The van der Waals surface area contributed by atoms with Crippen LogP contribution in [0.4, 0.5) is 4.79 Å². The van der Waals surface area contributed by atoms with E-state index in [4.69, 9.17) is 16.3 Å². The Bertz CT molecular complexity index is 538. The first-order valence-corrected chi connectivity index (χ1v) is 8.30. The van der Waals surface area contributed by atoms with E-state index in [1.54, 1.807) is 11.9 Å². The predicted octanol–water partition coefficient (Wildman–Crippen LogP) is 1.93. The molecule has 2 rings (SSSR count). The van der Waals surface area contributed by atoms with Crippen molar-refractivity contribution in [2.45, 2.75) is 25.9 Å². The molecule has 23 heavy (non-hydrogen) atoms. The van der Waals surface area contributed by atoms with Gasteiger partial charge in [-0.05, 0) is 19.9 Å². The van der Waals surface area contributed by atoms with Crippen LogP contribution in [0.3, 0.4) is 0 Å². The molecule has 0 saturated carbocycles. The predicted molar refractivity (Wildman–Crippen MR) is 91.8 cm³/mol. The zero-order valence-electron chi connectivity index (χ0n) is 14.4. The minimum absolute atomic E-state index is 0.0799. The number of hydrogen-bond donors (Lipinski definition) is 1. The Labute approximate surface area is 143 Å². The number of urea groups is 1. The highest BCUT2D eigenvalue weighted by Crippen LogP contribution is 2.16. The molecule has 1 aliphatic heterocycles. The largest absolute Gasteiger partial charge is 0.379 e. The van der Waals surface area contributed by atoms with Gasteiger partial charge in [0.05, 0.1) is 24.8 Å². The molecule has 0 radical (unpaired) electrons. The van der Waals surface area contributed by atoms with Gasteiger partial charge >= 0.3 is 6.03 Å². The molecule has 1 fully saturated rings. The zero-order chi connectivity index (χ0) is 17.0. The highest BCUT2D eigenvalue weighted by Gasteiger charge is 2.29. The fraction of sp³-hybridized carbons (Fsp3) is 0.688. The van der Waals surface area contributed by atoms with Crippen molar-refractivity contribution in [1.82, 2.24) is 19.7 Å². The molecule has 1 N–H and O–H groups in total. The second kappa shape index (κ2) is 7.55. The summed E-state index contributed by atoms with van der Waals surface area (Å²) in [4.78, 5) is 16.3. The van der Waals surface area contributed by atoms with Crippen LogP contribution in [0.1, 0.15) is 19.5 Å². The fourth-order valence-electron chi connectivity index (χ4n) is 2.75. The molecule has 1 aliphatic rings. The molecule has 7 heteroatoms. The van der Waals surface area contributed by atoms with E-state index in [2.05, 4.69) is 24.1 Å². The quantitative estimate of drug-likeness (QED) is 0.889. The number of ether oxygens (including phenoxy) is 1. The maximum Gasteiger partial charge on any atom is 0.317 e. The number of halogens is 1.